The lowest BCUT2D eigenvalue weighted by atomic mass is 9.90. The Labute approximate surface area is 114 Å². The molecule has 1 aliphatic carbocycles. The number of carbonyl (C=O) groups excluding carboxylic acids is 1. The van der Waals surface area contributed by atoms with Gasteiger partial charge in [-0.3, -0.25) is 4.79 Å². The average molecular weight is 259 g/mol. The number of benzene rings is 1. The Morgan fingerprint density at radius 1 is 1.16 bits per heavy atom. The van der Waals surface area contributed by atoms with Gasteiger partial charge in [0, 0.05) is 18.7 Å². The minimum Gasteiger partial charge on any atom is -0.391 e. The maximum atomic E-state index is 12.4. The van der Waals surface area contributed by atoms with E-state index in [1.165, 1.54) is 24.0 Å². The zero-order valence-electron chi connectivity index (χ0n) is 11.3. The maximum Gasteiger partial charge on any atom is 0.253 e. The lowest BCUT2D eigenvalue weighted by molar-refractivity contribution is 0.0473. The number of piperidine rings is 1. The quantitative estimate of drug-likeness (QED) is 0.839. The summed E-state index contributed by atoms with van der Waals surface area (Å²) in [6.07, 6.45) is 6.10. The molecule has 2 aliphatic rings. The van der Waals surface area contributed by atoms with E-state index in [1.54, 1.807) is 4.90 Å². The third kappa shape index (κ3) is 2.66. The predicted octanol–water partition coefficient (Wildman–Crippen LogP) is 2.16. The number of aliphatic hydroxyl groups excluding tert-OH is 1. The van der Waals surface area contributed by atoms with E-state index < -0.39 is 0 Å². The minimum atomic E-state index is -0.352. The third-order valence-electron chi connectivity index (χ3n) is 4.28. The highest BCUT2D eigenvalue weighted by molar-refractivity contribution is 5.94. The van der Waals surface area contributed by atoms with Gasteiger partial charge in [0.25, 0.3) is 5.91 Å². The SMILES string of the molecule is O=C(c1ccc2c(c1)CCCC2)N1CCC[C@H](O)C1. The number of fused-ring (bicyclic) bond motifs is 1. The van der Waals surface area contributed by atoms with Gasteiger partial charge in [0.05, 0.1) is 6.10 Å². The van der Waals surface area contributed by atoms with E-state index in [0.29, 0.717) is 6.54 Å². The molecule has 19 heavy (non-hydrogen) atoms. The second kappa shape index (κ2) is 5.33. The van der Waals surface area contributed by atoms with E-state index in [-0.39, 0.29) is 12.0 Å². The molecule has 1 atom stereocenters. The van der Waals surface area contributed by atoms with Gasteiger partial charge in [-0.2, -0.15) is 0 Å². The number of aliphatic hydroxyl groups is 1. The first-order chi connectivity index (χ1) is 9.24. The Balaban J connectivity index is 1.79. The van der Waals surface area contributed by atoms with Crippen molar-refractivity contribution in [3.63, 3.8) is 0 Å². The number of amides is 1. The fourth-order valence-electron chi connectivity index (χ4n) is 3.19. The molecule has 0 spiro atoms. The van der Waals surface area contributed by atoms with E-state index in [0.717, 1.165) is 37.8 Å². The molecule has 1 saturated heterocycles. The zero-order chi connectivity index (χ0) is 13.2. The first-order valence-electron chi connectivity index (χ1n) is 7.33. The van der Waals surface area contributed by atoms with Crippen LogP contribution in [0.3, 0.4) is 0 Å². The number of likely N-dealkylation sites (tertiary alicyclic amines) is 1. The van der Waals surface area contributed by atoms with E-state index in [9.17, 15) is 9.90 Å². The van der Waals surface area contributed by atoms with E-state index >= 15 is 0 Å². The van der Waals surface area contributed by atoms with Crippen LogP contribution in [0.5, 0.6) is 0 Å². The van der Waals surface area contributed by atoms with Crippen LogP contribution in [0.2, 0.25) is 0 Å². The van der Waals surface area contributed by atoms with Crippen LogP contribution in [0.25, 0.3) is 0 Å². The van der Waals surface area contributed by atoms with Crippen LogP contribution >= 0.6 is 0 Å². The van der Waals surface area contributed by atoms with Crippen LogP contribution in [0.15, 0.2) is 18.2 Å². The summed E-state index contributed by atoms with van der Waals surface area (Å²) in [5.74, 6) is 0.0760. The Morgan fingerprint density at radius 2 is 1.95 bits per heavy atom. The third-order valence-corrected chi connectivity index (χ3v) is 4.28. The zero-order valence-corrected chi connectivity index (χ0v) is 11.3. The Hall–Kier alpha value is -1.35. The molecule has 1 aromatic carbocycles. The van der Waals surface area contributed by atoms with Crippen molar-refractivity contribution in [2.24, 2.45) is 0 Å². The molecule has 0 radical (unpaired) electrons. The predicted molar refractivity (Wildman–Crippen MR) is 74.2 cm³/mol. The standard InChI is InChI=1S/C16H21NO2/c18-15-6-3-9-17(11-15)16(19)14-8-7-12-4-1-2-5-13(12)10-14/h7-8,10,15,18H,1-6,9,11H2/t15-/m0/s1. The highest BCUT2D eigenvalue weighted by Gasteiger charge is 2.23. The molecule has 1 aromatic rings. The van der Waals surface area contributed by atoms with Gasteiger partial charge >= 0.3 is 0 Å². The number of hydrogen-bond donors (Lipinski definition) is 1. The number of nitrogens with zero attached hydrogens (tertiary/aromatic N) is 1. The lowest BCUT2D eigenvalue weighted by Gasteiger charge is -2.30. The van der Waals surface area contributed by atoms with Crippen LogP contribution in [0.4, 0.5) is 0 Å². The van der Waals surface area contributed by atoms with Crippen LogP contribution in [0.1, 0.15) is 47.2 Å². The van der Waals surface area contributed by atoms with Crippen LogP contribution in [0, 0.1) is 0 Å². The number of rotatable bonds is 1. The Bertz CT molecular complexity index is 484. The van der Waals surface area contributed by atoms with Gasteiger partial charge in [0.15, 0.2) is 0 Å². The molecule has 0 aromatic heterocycles. The first kappa shape index (κ1) is 12.7. The molecular weight excluding hydrogens is 238 g/mol. The molecule has 1 heterocycles. The van der Waals surface area contributed by atoms with Crippen molar-refractivity contribution in [2.45, 2.75) is 44.6 Å². The number of β-amino-alcohol motifs (C(OH)–C–C–N with tert-alkyl or cyclic N) is 1. The smallest absolute Gasteiger partial charge is 0.253 e. The largest absolute Gasteiger partial charge is 0.391 e. The van der Waals surface area contributed by atoms with Gasteiger partial charge in [0.1, 0.15) is 0 Å². The molecular formula is C16H21NO2. The second-order valence-corrected chi connectivity index (χ2v) is 5.74. The highest BCUT2D eigenvalue weighted by atomic mass is 16.3. The molecule has 3 nitrogen and oxygen atoms in total. The molecule has 0 saturated carbocycles. The first-order valence-corrected chi connectivity index (χ1v) is 7.33. The summed E-state index contributed by atoms with van der Waals surface area (Å²) in [5.41, 5.74) is 3.53. The van der Waals surface area contributed by atoms with Gasteiger partial charge in [-0.15, -0.1) is 0 Å². The van der Waals surface area contributed by atoms with Gasteiger partial charge < -0.3 is 10.0 Å². The van der Waals surface area contributed by atoms with Crippen molar-refractivity contribution in [3.8, 4) is 0 Å². The number of carbonyl (C=O) groups is 1. The van der Waals surface area contributed by atoms with Crippen LogP contribution in [-0.4, -0.2) is 35.1 Å². The summed E-state index contributed by atoms with van der Waals surface area (Å²) in [7, 11) is 0. The monoisotopic (exact) mass is 259 g/mol. The summed E-state index contributed by atoms with van der Waals surface area (Å²) in [5, 5.41) is 9.67. The Morgan fingerprint density at radius 3 is 2.74 bits per heavy atom. The van der Waals surface area contributed by atoms with Gasteiger partial charge in [-0.1, -0.05) is 6.07 Å². The molecule has 1 N–H and O–H groups in total. The summed E-state index contributed by atoms with van der Waals surface area (Å²) < 4.78 is 0. The molecule has 1 amide bonds. The topological polar surface area (TPSA) is 40.5 Å². The molecule has 1 fully saturated rings. The van der Waals surface area contributed by atoms with E-state index in [1.807, 2.05) is 6.07 Å². The van der Waals surface area contributed by atoms with Gasteiger partial charge in [0.2, 0.25) is 0 Å². The maximum absolute atomic E-state index is 12.4. The average Bonchev–Trinajstić information content (AvgIpc) is 2.46. The second-order valence-electron chi connectivity index (χ2n) is 5.74. The molecule has 3 rings (SSSR count). The number of hydrogen-bond acceptors (Lipinski definition) is 2. The summed E-state index contributed by atoms with van der Waals surface area (Å²) in [4.78, 5) is 14.2. The van der Waals surface area contributed by atoms with Crippen molar-refractivity contribution in [1.82, 2.24) is 4.90 Å². The minimum absolute atomic E-state index is 0.0760. The van der Waals surface area contributed by atoms with Crippen molar-refractivity contribution in [2.75, 3.05) is 13.1 Å². The summed E-state index contributed by atoms with van der Waals surface area (Å²) >= 11 is 0. The molecule has 102 valence electrons. The van der Waals surface area contributed by atoms with E-state index in [4.69, 9.17) is 0 Å². The van der Waals surface area contributed by atoms with Crippen LogP contribution in [-0.2, 0) is 12.8 Å². The van der Waals surface area contributed by atoms with E-state index in [2.05, 4.69) is 12.1 Å². The Kier molecular flexibility index (Phi) is 3.56. The molecule has 0 bridgehead atoms. The van der Waals surface area contributed by atoms with Crippen LogP contribution < -0.4 is 0 Å². The fraction of sp³-hybridized carbons (Fsp3) is 0.562. The van der Waals surface area contributed by atoms with Crippen molar-refractivity contribution >= 4 is 5.91 Å². The lowest BCUT2D eigenvalue weighted by Crippen LogP contribution is -2.42. The normalized spacial score (nSPS) is 23.0. The summed E-state index contributed by atoms with van der Waals surface area (Å²) in [6.45, 7) is 1.25. The molecule has 3 heteroatoms. The van der Waals surface area contributed by atoms with Gasteiger partial charge in [-0.05, 0) is 61.8 Å². The van der Waals surface area contributed by atoms with Crippen molar-refractivity contribution in [1.29, 1.82) is 0 Å². The fourth-order valence-corrected chi connectivity index (χ4v) is 3.19. The number of aryl methyl sites for hydroxylation is 2. The summed E-state index contributed by atoms with van der Waals surface area (Å²) in [6, 6.07) is 6.13. The van der Waals surface area contributed by atoms with Crippen molar-refractivity contribution in [3.05, 3.63) is 34.9 Å². The van der Waals surface area contributed by atoms with Crippen molar-refractivity contribution < 1.29 is 9.90 Å². The molecule has 0 unspecified atom stereocenters. The van der Waals surface area contributed by atoms with Gasteiger partial charge in [-0.25, -0.2) is 0 Å². The molecule has 1 aliphatic heterocycles. The highest BCUT2D eigenvalue weighted by Crippen LogP contribution is 2.23.